The van der Waals surface area contributed by atoms with Gasteiger partial charge in [-0.15, -0.1) is 0 Å². The first-order valence-corrected chi connectivity index (χ1v) is 4.40. The summed E-state index contributed by atoms with van der Waals surface area (Å²) in [5, 5.41) is 12.6. The molecular formula is C9H8ClN3. The molecule has 1 N–H and O–H groups in total. The Kier molecular flexibility index (Phi) is 1.95. The molecule has 0 fully saturated rings. The molecule has 0 saturated heterocycles. The molecule has 1 aliphatic rings. The van der Waals surface area contributed by atoms with E-state index in [0.29, 0.717) is 17.1 Å². The first-order chi connectivity index (χ1) is 6.24. The summed E-state index contributed by atoms with van der Waals surface area (Å²) < 4.78 is 0. The Morgan fingerprint density at radius 3 is 3.00 bits per heavy atom. The Bertz CT molecular complexity index is 406. The maximum Gasteiger partial charge on any atom is 0.101 e. The molecule has 0 radical (unpaired) electrons. The molecule has 0 aliphatic carbocycles. The van der Waals surface area contributed by atoms with E-state index < -0.39 is 0 Å². The van der Waals surface area contributed by atoms with Crippen molar-refractivity contribution in [3.05, 3.63) is 27.5 Å². The molecule has 0 aromatic carbocycles. The van der Waals surface area contributed by atoms with Crippen LogP contribution in [0.5, 0.6) is 0 Å². The molecule has 4 heteroatoms. The van der Waals surface area contributed by atoms with Gasteiger partial charge in [0.15, 0.2) is 0 Å². The zero-order valence-corrected chi connectivity index (χ0v) is 7.94. The summed E-state index contributed by atoms with van der Waals surface area (Å²) in [5.74, 6) is 0. The molecule has 2 rings (SSSR count). The van der Waals surface area contributed by atoms with E-state index in [1.54, 1.807) is 0 Å². The van der Waals surface area contributed by atoms with Crippen LogP contribution in [0.3, 0.4) is 0 Å². The second kappa shape index (κ2) is 2.99. The largest absolute Gasteiger partial charge is 0.307 e. The third-order valence-corrected chi connectivity index (χ3v) is 2.66. The van der Waals surface area contributed by atoms with Gasteiger partial charge in [-0.05, 0) is 6.92 Å². The molecule has 0 spiro atoms. The van der Waals surface area contributed by atoms with Gasteiger partial charge in [-0.25, -0.2) is 0 Å². The highest BCUT2D eigenvalue weighted by atomic mass is 35.5. The third-order valence-electron chi connectivity index (χ3n) is 2.20. The van der Waals surface area contributed by atoms with Gasteiger partial charge in [0, 0.05) is 18.7 Å². The van der Waals surface area contributed by atoms with Gasteiger partial charge in [0.2, 0.25) is 0 Å². The highest BCUT2D eigenvalue weighted by Gasteiger charge is 2.19. The van der Waals surface area contributed by atoms with E-state index in [1.165, 1.54) is 0 Å². The van der Waals surface area contributed by atoms with E-state index in [0.717, 1.165) is 23.5 Å². The molecule has 0 bridgehead atoms. The third kappa shape index (κ3) is 1.19. The van der Waals surface area contributed by atoms with Crippen LogP contribution in [0.25, 0.3) is 0 Å². The van der Waals surface area contributed by atoms with E-state index in [1.807, 2.05) is 6.92 Å². The van der Waals surface area contributed by atoms with Crippen molar-refractivity contribution in [1.29, 1.82) is 5.26 Å². The summed E-state index contributed by atoms with van der Waals surface area (Å²) in [7, 11) is 0. The molecule has 0 unspecified atom stereocenters. The van der Waals surface area contributed by atoms with Crippen LogP contribution < -0.4 is 5.32 Å². The number of halogens is 1. The lowest BCUT2D eigenvalue weighted by Crippen LogP contribution is -2.00. The highest BCUT2D eigenvalue weighted by Crippen LogP contribution is 2.26. The Morgan fingerprint density at radius 1 is 1.54 bits per heavy atom. The van der Waals surface area contributed by atoms with Crippen LogP contribution in [0.1, 0.15) is 22.5 Å². The quantitative estimate of drug-likeness (QED) is 0.680. The highest BCUT2D eigenvalue weighted by molar-refractivity contribution is 6.32. The van der Waals surface area contributed by atoms with E-state index in [9.17, 15) is 0 Å². The lowest BCUT2D eigenvalue weighted by molar-refractivity contribution is 0.756. The lowest BCUT2D eigenvalue weighted by Gasteiger charge is -2.04. The predicted molar refractivity (Wildman–Crippen MR) is 49.2 cm³/mol. The normalized spacial score (nSPS) is 13.9. The van der Waals surface area contributed by atoms with Gasteiger partial charge in [0.1, 0.15) is 6.07 Å². The number of hydrogen-bond acceptors (Lipinski definition) is 3. The molecule has 3 nitrogen and oxygen atoms in total. The Balaban J connectivity index is 2.73. The molecule has 0 saturated carbocycles. The number of aromatic nitrogens is 1. The van der Waals surface area contributed by atoms with Crippen LogP contribution in [0.4, 0.5) is 0 Å². The fourth-order valence-corrected chi connectivity index (χ4v) is 1.73. The lowest BCUT2D eigenvalue weighted by atomic mass is 10.1. The van der Waals surface area contributed by atoms with Gasteiger partial charge in [-0.2, -0.15) is 5.26 Å². The molecule has 1 aromatic heterocycles. The van der Waals surface area contributed by atoms with Crippen molar-refractivity contribution in [3.8, 4) is 6.07 Å². The number of aryl methyl sites for hydroxylation is 1. The smallest absolute Gasteiger partial charge is 0.101 e. The van der Waals surface area contributed by atoms with Crippen molar-refractivity contribution in [2.45, 2.75) is 20.0 Å². The average molecular weight is 194 g/mol. The van der Waals surface area contributed by atoms with Crippen molar-refractivity contribution >= 4 is 11.6 Å². The number of nitrogens with one attached hydrogen (secondary N) is 1. The van der Waals surface area contributed by atoms with E-state index >= 15 is 0 Å². The average Bonchev–Trinajstić information content (AvgIpc) is 2.54. The van der Waals surface area contributed by atoms with Crippen molar-refractivity contribution < 1.29 is 0 Å². The van der Waals surface area contributed by atoms with Crippen LogP contribution in [0, 0.1) is 18.3 Å². The summed E-state index contributed by atoms with van der Waals surface area (Å²) in [6.07, 6.45) is 0. The Morgan fingerprint density at radius 2 is 2.31 bits per heavy atom. The molecule has 0 atom stereocenters. The molecule has 13 heavy (non-hydrogen) atoms. The van der Waals surface area contributed by atoms with Crippen LogP contribution in [0.15, 0.2) is 0 Å². The topological polar surface area (TPSA) is 48.7 Å². The molecule has 2 heterocycles. The number of nitriles is 1. The van der Waals surface area contributed by atoms with Gasteiger partial charge in [-0.1, -0.05) is 11.6 Å². The summed E-state index contributed by atoms with van der Waals surface area (Å²) in [5.41, 5.74) is 3.23. The standard InChI is InChI=1S/C9H8ClN3/c1-5-9(10)6(2-11)7-3-12-4-8(7)13-5/h12H,3-4H2,1H3. The molecular weight excluding hydrogens is 186 g/mol. The Hall–Kier alpha value is -1.11. The maximum atomic E-state index is 8.92. The fraction of sp³-hybridized carbons (Fsp3) is 0.333. The zero-order chi connectivity index (χ0) is 9.42. The van der Waals surface area contributed by atoms with Crippen molar-refractivity contribution in [1.82, 2.24) is 10.3 Å². The van der Waals surface area contributed by atoms with E-state index in [-0.39, 0.29) is 0 Å². The van der Waals surface area contributed by atoms with E-state index in [4.69, 9.17) is 16.9 Å². The summed E-state index contributed by atoms with van der Waals surface area (Å²) in [6.45, 7) is 3.26. The van der Waals surface area contributed by atoms with Crippen molar-refractivity contribution in [3.63, 3.8) is 0 Å². The number of hydrogen-bond donors (Lipinski definition) is 1. The second-order valence-corrected chi connectivity index (χ2v) is 3.40. The van der Waals surface area contributed by atoms with Gasteiger partial charge < -0.3 is 5.32 Å². The first-order valence-electron chi connectivity index (χ1n) is 4.02. The number of rotatable bonds is 0. The fourth-order valence-electron chi connectivity index (χ4n) is 1.54. The van der Waals surface area contributed by atoms with Crippen LogP contribution in [0.2, 0.25) is 5.02 Å². The maximum absolute atomic E-state index is 8.92. The summed E-state index contributed by atoms with van der Waals surface area (Å²) in [4.78, 5) is 4.32. The van der Waals surface area contributed by atoms with Crippen LogP contribution >= 0.6 is 11.6 Å². The van der Waals surface area contributed by atoms with Gasteiger partial charge in [0.25, 0.3) is 0 Å². The van der Waals surface area contributed by atoms with Crippen LogP contribution in [-0.4, -0.2) is 4.98 Å². The monoisotopic (exact) mass is 193 g/mol. The SMILES string of the molecule is Cc1nc2c(c(C#N)c1Cl)CNC2. The minimum absolute atomic E-state index is 0.491. The minimum atomic E-state index is 0.491. The summed E-state index contributed by atoms with van der Waals surface area (Å²) >= 11 is 5.96. The second-order valence-electron chi connectivity index (χ2n) is 3.03. The number of nitrogens with zero attached hydrogens (tertiary/aromatic N) is 2. The zero-order valence-electron chi connectivity index (χ0n) is 7.19. The Labute approximate surface area is 81.4 Å². The predicted octanol–water partition coefficient (Wildman–Crippen LogP) is 1.52. The van der Waals surface area contributed by atoms with Crippen LogP contribution in [-0.2, 0) is 13.1 Å². The van der Waals surface area contributed by atoms with Crippen molar-refractivity contribution in [2.75, 3.05) is 0 Å². The molecule has 1 aliphatic heterocycles. The summed E-state index contributed by atoms with van der Waals surface area (Å²) in [6, 6.07) is 2.12. The van der Waals surface area contributed by atoms with Gasteiger partial charge >= 0.3 is 0 Å². The number of pyridine rings is 1. The van der Waals surface area contributed by atoms with Crippen molar-refractivity contribution in [2.24, 2.45) is 0 Å². The molecule has 0 amide bonds. The van der Waals surface area contributed by atoms with E-state index in [2.05, 4.69) is 16.4 Å². The molecule has 1 aromatic rings. The van der Waals surface area contributed by atoms with Gasteiger partial charge in [0.05, 0.1) is 22.0 Å². The van der Waals surface area contributed by atoms with Gasteiger partial charge in [-0.3, -0.25) is 4.98 Å². The first kappa shape index (κ1) is 8.49. The molecule has 66 valence electrons. The minimum Gasteiger partial charge on any atom is -0.307 e. The number of fused-ring (bicyclic) bond motifs is 1.